The van der Waals surface area contributed by atoms with Crippen LogP contribution in [0.3, 0.4) is 0 Å². The first-order chi connectivity index (χ1) is 5.77. The summed E-state index contributed by atoms with van der Waals surface area (Å²) in [4.78, 5) is 0. The summed E-state index contributed by atoms with van der Waals surface area (Å²) in [5.74, 6) is 2.51. The molecule has 0 N–H and O–H groups in total. The summed E-state index contributed by atoms with van der Waals surface area (Å²) < 4.78 is 10.4. The second kappa shape index (κ2) is 2.52. The van der Waals surface area contributed by atoms with Crippen LogP contribution in [0.5, 0.6) is 0 Å². The maximum atomic E-state index is 5.35. The molecule has 0 fully saturated rings. The van der Waals surface area contributed by atoms with Gasteiger partial charge in [0.2, 0.25) is 0 Å². The average Bonchev–Trinajstić information content (AvgIpc) is 2.58. The van der Waals surface area contributed by atoms with E-state index in [1.807, 2.05) is 26.0 Å². The molecule has 2 aromatic heterocycles. The molecule has 0 aliphatic rings. The number of furan rings is 1. The monoisotopic (exact) mass is 163 g/mol. The molecule has 0 spiro atoms. The zero-order chi connectivity index (χ0) is 8.55. The van der Waals surface area contributed by atoms with Crippen LogP contribution in [0.2, 0.25) is 0 Å². The van der Waals surface area contributed by atoms with E-state index in [9.17, 15) is 0 Å². The third kappa shape index (κ3) is 1.03. The van der Waals surface area contributed by atoms with Crippen LogP contribution in [0.15, 0.2) is 27.3 Å². The topological polar surface area (TPSA) is 39.2 Å². The van der Waals surface area contributed by atoms with Gasteiger partial charge in [-0.05, 0) is 19.9 Å². The second-order valence-electron chi connectivity index (χ2n) is 2.70. The molecule has 0 saturated heterocycles. The van der Waals surface area contributed by atoms with E-state index in [1.165, 1.54) is 0 Å². The Hall–Kier alpha value is -1.51. The maximum Gasteiger partial charge on any atom is 0.170 e. The SMILES string of the molecule is Cc1cc(-c2ccno2)c(C)o1. The Morgan fingerprint density at radius 3 is 2.67 bits per heavy atom. The van der Waals surface area contributed by atoms with Crippen molar-refractivity contribution in [2.75, 3.05) is 0 Å². The molecule has 12 heavy (non-hydrogen) atoms. The standard InChI is InChI=1S/C9H9NO2/c1-6-5-8(7(2)11-6)9-3-4-10-12-9/h3-5H,1-2H3. The van der Waals surface area contributed by atoms with Gasteiger partial charge in [-0.3, -0.25) is 0 Å². The lowest BCUT2D eigenvalue weighted by molar-refractivity contribution is 0.430. The molecule has 0 aliphatic heterocycles. The lowest BCUT2D eigenvalue weighted by atomic mass is 10.2. The first-order valence-electron chi connectivity index (χ1n) is 3.75. The van der Waals surface area contributed by atoms with Gasteiger partial charge < -0.3 is 8.94 Å². The molecule has 0 bridgehead atoms. The molecule has 2 aromatic rings. The number of hydrogen-bond acceptors (Lipinski definition) is 3. The van der Waals surface area contributed by atoms with Gasteiger partial charge in [0.1, 0.15) is 11.5 Å². The Labute approximate surface area is 70.0 Å². The van der Waals surface area contributed by atoms with E-state index in [1.54, 1.807) is 6.20 Å². The first-order valence-corrected chi connectivity index (χ1v) is 3.75. The van der Waals surface area contributed by atoms with Gasteiger partial charge in [0.05, 0.1) is 11.8 Å². The molecule has 2 heterocycles. The lowest BCUT2D eigenvalue weighted by Crippen LogP contribution is -1.70. The number of nitrogens with zero attached hydrogens (tertiary/aromatic N) is 1. The summed E-state index contributed by atoms with van der Waals surface area (Å²) in [6.07, 6.45) is 1.62. The van der Waals surface area contributed by atoms with Crippen LogP contribution < -0.4 is 0 Å². The quantitative estimate of drug-likeness (QED) is 0.648. The molecule has 0 atom stereocenters. The average molecular weight is 163 g/mol. The number of hydrogen-bond donors (Lipinski definition) is 0. The molecule has 2 rings (SSSR count). The third-order valence-corrected chi connectivity index (χ3v) is 1.74. The minimum atomic E-state index is 0.754. The Bertz CT molecular complexity index is 373. The smallest absolute Gasteiger partial charge is 0.170 e. The van der Waals surface area contributed by atoms with Crippen LogP contribution in [0.1, 0.15) is 11.5 Å². The highest BCUT2D eigenvalue weighted by molar-refractivity contribution is 5.59. The second-order valence-corrected chi connectivity index (χ2v) is 2.70. The minimum absolute atomic E-state index is 0.754. The number of rotatable bonds is 1. The van der Waals surface area contributed by atoms with Crippen LogP contribution in [0.25, 0.3) is 11.3 Å². The van der Waals surface area contributed by atoms with E-state index in [2.05, 4.69) is 5.16 Å². The largest absolute Gasteiger partial charge is 0.466 e. The van der Waals surface area contributed by atoms with Crippen molar-refractivity contribution in [3.63, 3.8) is 0 Å². The van der Waals surface area contributed by atoms with Crippen molar-refractivity contribution in [3.05, 3.63) is 29.9 Å². The van der Waals surface area contributed by atoms with Crippen LogP contribution in [-0.2, 0) is 0 Å². The molecule has 0 amide bonds. The zero-order valence-corrected chi connectivity index (χ0v) is 7.00. The van der Waals surface area contributed by atoms with E-state index in [-0.39, 0.29) is 0 Å². The third-order valence-electron chi connectivity index (χ3n) is 1.74. The summed E-state index contributed by atoms with van der Waals surface area (Å²) in [6, 6.07) is 3.76. The highest BCUT2D eigenvalue weighted by atomic mass is 16.5. The van der Waals surface area contributed by atoms with Gasteiger partial charge >= 0.3 is 0 Å². The van der Waals surface area contributed by atoms with E-state index < -0.39 is 0 Å². The van der Waals surface area contributed by atoms with Crippen molar-refractivity contribution in [1.29, 1.82) is 0 Å². The number of aryl methyl sites for hydroxylation is 2. The van der Waals surface area contributed by atoms with E-state index >= 15 is 0 Å². The maximum absolute atomic E-state index is 5.35. The minimum Gasteiger partial charge on any atom is -0.466 e. The van der Waals surface area contributed by atoms with Crippen molar-refractivity contribution in [2.45, 2.75) is 13.8 Å². The summed E-state index contributed by atoms with van der Waals surface area (Å²) >= 11 is 0. The van der Waals surface area contributed by atoms with Gasteiger partial charge in [-0.1, -0.05) is 5.16 Å². The molecule has 0 saturated carbocycles. The molecule has 0 unspecified atom stereocenters. The zero-order valence-electron chi connectivity index (χ0n) is 7.00. The van der Waals surface area contributed by atoms with Crippen LogP contribution in [0.4, 0.5) is 0 Å². The number of aromatic nitrogens is 1. The van der Waals surface area contributed by atoms with Crippen LogP contribution >= 0.6 is 0 Å². The van der Waals surface area contributed by atoms with E-state index in [0.717, 1.165) is 22.8 Å². The molecule has 3 heteroatoms. The Morgan fingerprint density at radius 1 is 1.33 bits per heavy atom. The lowest BCUT2D eigenvalue weighted by Gasteiger charge is -1.88. The van der Waals surface area contributed by atoms with Crippen LogP contribution in [0, 0.1) is 13.8 Å². The fourth-order valence-electron chi connectivity index (χ4n) is 1.23. The Morgan fingerprint density at radius 2 is 2.17 bits per heavy atom. The van der Waals surface area contributed by atoms with Gasteiger partial charge in [0.25, 0.3) is 0 Å². The summed E-state index contributed by atoms with van der Waals surface area (Å²) in [5, 5.41) is 3.63. The van der Waals surface area contributed by atoms with Gasteiger partial charge in [-0.25, -0.2) is 0 Å². The molecule has 62 valence electrons. The highest BCUT2D eigenvalue weighted by Crippen LogP contribution is 2.25. The van der Waals surface area contributed by atoms with Crippen molar-refractivity contribution in [1.82, 2.24) is 5.16 Å². The Balaban J connectivity index is 2.54. The first kappa shape index (κ1) is 7.16. The van der Waals surface area contributed by atoms with Crippen molar-refractivity contribution in [3.8, 4) is 11.3 Å². The van der Waals surface area contributed by atoms with Gasteiger partial charge in [0.15, 0.2) is 5.76 Å². The van der Waals surface area contributed by atoms with E-state index in [0.29, 0.717) is 0 Å². The van der Waals surface area contributed by atoms with Gasteiger partial charge in [0, 0.05) is 6.07 Å². The van der Waals surface area contributed by atoms with Crippen molar-refractivity contribution < 1.29 is 8.94 Å². The molecule has 0 aromatic carbocycles. The molecular formula is C9H9NO2. The predicted octanol–water partition coefficient (Wildman–Crippen LogP) is 2.55. The van der Waals surface area contributed by atoms with Gasteiger partial charge in [-0.15, -0.1) is 0 Å². The van der Waals surface area contributed by atoms with Gasteiger partial charge in [-0.2, -0.15) is 0 Å². The molecule has 3 nitrogen and oxygen atoms in total. The van der Waals surface area contributed by atoms with Crippen molar-refractivity contribution >= 4 is 0 Å². The predicted molar refractivity (Wildman–Crippen MR) is 43.7 cm³/mol. The summed E-state index contributed by atoms with van der Waals surface area (Å²) in [5.41, 5.74) is 0.977. The molecular weight excluding hydrogens is 154 g/mol. The fraction of sp³-hybridized carbons (Fsp3) is 0.222. The normalized spacial score (nSPS) is 10.5. The fourth-order valence-corrected chi connectivity index (χ4v) is 1.23. The van der Waals surface area contributed by atoms with Crippen LogP contribution in [-0.4, -0.2) is 5.16 Å². The molecule has 0 aliphatic carbocycles. The molecule has 0 radical (unpaired) electrons. The Kier molecular flexibility index (Phi) is 1.50. The summed E-state index contributed by atoms with van der Waals surface area (Å²) in [7, 11) is 0. The van der Waals surface area contributed by atoms with E-state index in [4.69, 9.17) is 8.94 Å². The summed E-state index contributed by atoms with van der Waals surface area (Å²) in [6.45, 7) is 3.82. The highest BCUT2D eigenvalue weighted by Gasteiger charge is 2.09. The van der Waals surface area contributed by atoms with Crippen molar-refractivity contribution in [2.24, 2.45) is 0 Å².